The molecule has 27 heavy (non-hydrogen) atoms. The molecule has 138 valence electrons. The number of thiophene rings is 1. The van der Waals surface area contributed by atoms with Crippen LogP contribution in [-0.4, -0.2) is 23.8 Å². The van der Waals surface area contributed by atoms with Crippen molar-refractivity contribution in [1.82, 2.24) is 4.90 Å². The summed E-state index contributed by atoms with van der Waals surface area (Å²) in [6.45, 7) is 0. The number of rotatable bonds is 5. The van der Waals surface area contributed by atoms with Crippen LogP contribution in [0, 0.1) is 5.82 Å². The molecule has 7 heteroatoms. The normalized spacial score (nSPS) is 11.8. The average Bonchev–Trinajstić information content (AvgIpc) is 3.11. The molecule has 0 aliphatic carbocycles. The van der Waals surface area contributed by atoms with E-state index >= 15 is 0 Å². The Morgan fingerprint density at radius 1 is 1.11 bits per heavy atom. The monoisotopic (exact) mass is 402 g/mol. The lowest BCUT2D eigenvalue weighted by molar-refractivity contribution is -0.122. The topological polar surface area (TPSA) is 63.4 Å². The number of nitrogens with zero attached hydrogens (tertiary/aromatic N) is 1. The van der Waals surface area contributed by atoms with E-state index in [-0.39, 0.29) is 5.91 Å². The van der Waals surface area contributed by atoms with Gasteiger partial charge in [-0.2, -0.15) is 0 Å². The second-order valence-corrected chi connectivity index (χ2v) is 7.47. The summed E-state index contributed by atoms with van der Waals surface area (Å²) in [5.41, 5.74) is 6.74. The zero-order valence-electron chi connectivity index (χ0n) is 14.4. The first kappa shape index (κ1) is 19.1. The number of primary amides is 1. The first-order valence-corrected chi connectivity index (χ1v) is 9.24. The standard InChI is InChI=1S/C20H16ClFN2O2S/c1-24(18(19(23)25)13-3-2-4-15(22)11-13)20(26)17-10-9-16(27-17)12-5-7-14(21)8-6-12/h2-11,18H,1H3,(H2,23,25). The van der Waals surface area contributed by atoms with Gasteiger partial charge < -0.3 is 10.6 Å². The fraction of sp³-hybridized carbons (Fsp3) is 0.100. The van der Waals surface area contributed by atoms with Crippen LogP contribution in [0.4, 0.5) is 4.39 Å². The van der Waals surface area contributed by atoms with E-state index in [1.165, 1.54) is 41.5 Å². The molecular formula is C20H16ClFN2O2S. The number of nitrogens with two attached hydrogens (primary N) is 1. The van der Waals surface area contributed by atoms with Gasteiger partial charge in [-0.25, -0.2) is 4.39 Å². The highest BCUT2D eigenvalue weighted by atomic mass is 35.5. The van der Waals surface area contributed by atoms with Crippen molar-refractivity contribution < 1.29 is 14.0 Å². The summed E-state index contributed by atoms with van der Waals surface area (Å²) in [7, 11) is 1.48. The van der Waals surface area contributed by atoms with Crippen molar-refractivity contribution in [3.8, 4) is 10.4 Å². The first-order chi connectivity index (χ1) is 12.9. The number of amides is 2. The summed E-state index contributed by atoms with van der Waals surface area (Å²) in [5.74, 6) is -1.60. The summed E-state index contributed by atoms with van der Waals surface area (Å²) in [5, 5.41) is 0.630. The van der Waals surface area contributed by atoms with Crippen LogP contribution < -0.4 is 5.73 Å². The van der Waals surface area contributed by atoms with Gasteiger partial charge in [-0.3, -0.25) is 9.59 Å². The van der Waals surface area contributed by atoms with Crippen LogP contribution in [0.3, 0.4) is 0 Å². The smallest absolute Gasteiger partial charge is 0.264 e. The van der Waals surface area contributed by atoms with E-state index in [9.17, 15) is 14.0 Å². The quantitative estimate of drug-likeness (QED) is 0.682. The van der Waals surface area contributed by atoms with Crippen LogP contribution in [0.1, 0.15) is 21.3 Å². The molecule has 2 N–H and O–H groups in total. The lowest BCUT2D eigenvalue weighted by atomic mass is 10.0. The molecule has 0 spiro atoms. The highest BCUT2D eigenvalue weighted by Crippen LogP contribution is 2.31. The van der Waals surface area contributed by atoms with Gasteiger partial charge in [-0.1, -0.05) is 35.9 Å². The lowest BCUT2D eigenvalue weighted by Gasteiger charge is -2.25. The molecule has 3 rings (SSSR count). The van der Waals surface area contributed by atoms with Gasteiger partial charge in [-0.05, 0) is 47.5 Å². The molecule has 1 atom stereocenters. The Morgan fingerprint density at radius 2 is 1.81 bits per heavy atom. The Morgan fingerprint density at radius 3 is 2.44 bits per heavy atom. The zero-order chi connectivity index (χ0) is 19.6. The summed E-state index contributed by atoms with van der Waals surface area (Å²) < 4.78 is 13.5. The molecule has 0 aliphatic heterocycles. The number of hydrogen-bond acceptors (Lipinski definition) is 3. The van der Waals surface area contributed by atoms with Crippen molar-refractivity contribution in [3.05, 3.63) is 81.9 Å². The third kappa shape index (κ3) is 4.18. The van der Waals surface area contributed by atoms with Crippen molar-refractivity contribution in [2.45, 2.75) is 6.04 Å². The molecule has 3 aromatic rings. The highest BCUT2D eigenvalue weighted by molar-refractivity contribution is 7.17. The second-order valence-electron chi connectivity index (χ2n) is 5.95. The molecule has 0 fully saturated rings. The molecule has 1 unspecified atom stereocenters. The highest BCUT2D eigenvalue weighted by Gasteiger charge is 2.28. The summed E-state index contributed by atoms with van der Waals surface area (Å²) in [6.07, 6.45) is 0. The van der Waals surface area contributed by atoms with Crippen molar-refractivity contribution in [2.75, 3.05) is 7.05 Å². The number of halogens is 2. The number of carbonyl (C=O) groups excluding carboxylic acids is 2. The van der Waals surface area contributed by atoms with Gasteiger partial charge in [0.2, 0.25) is 5.91 Å². The molecular weight excluding hydrogens is 387 g/mol. The maximum absolute atomic E-state index is 13.5. The Labute approximate surface area is 165 Å². The van der Waals surface area contributed by atoms with Gasteiger partial charge >= 0.3 is 0 Å². The van der Waals surface area contributed by atoms with Gasteiger partial charge in [0.25, 0.3) is 5.91 Å². The predicted molar refractivity (Wildman–Crippen MR) is 105 cm³/mol. The van der Waals surface area contributed by atoms with Gasteiger partial charge in [0.15, 0.2) is 0 Å². The van der Waals surface area contributed by atoms with Gasteiger partial charge in [0.05, 0.1) is 4.88 Å². The van der Waals surface area contributed by atoms with Gasteiger partial charge in [-0.15, -0.1) is 11.3 Å². The van der Waals surface area contributed by atoms with Crippen LogP contribution in [0.25, 0.3) is 10.4 Å². The Bertz CT molecular complexity index is 988. The zero-order valence-corrected chi connectivity index (χ0v) is 15.9. The van der Waals surface area contributed by atoms with Crippen molar-refractivity contribution in [3.63, 3.8) is 0 Å². The van der Waals surface area contributed by atoms with Gasteiger partial charge in [0, 0.05) is 16.9 Å². The second kappa shape index (κ2) is 7.90. The van der Waals surface area contributed by atoms with Gasteiger partial charge in [0.1, 0.15) is 11.9 Å². The average molecular weight is 403 g/mol. The van der Waals surface area contributed by atoms with E-state index in [4.69, 9.17) is 17.3 Å². The van der Waals surface area contributed by atoms with Crippen molar-refractivity contribution in [1.29, 1.82) is 0 Å². The minimum absolute atomic E-state index is 0.327. The van der Waals surface area contributed by atoms with Crippen LogP contribution >= 0.6 is 22.9 Å². The van der Waals surface area contributed by atoms with Crippen molar-refractivity contribution >= 4 is 34.8 Å². The Balaban J connectivity index is 1.87. The van der Waals surface area contributed by atoms with E-state index in [1.807, 2.05) is 18.2 Å². The summed E-state index contributed by atoms with van der Waals surface area (Å²) in [4.78, 5) is 27.4. The summed E-state index contributed by atoms with van der Waals surface area (Å²) in [6, 6.07) is 15.2. The molecule has 1 aromatic heterocycles. The number of carbonyl (C=O) groups is 2. The molecule has 0 bridgehead atoms. The molecule has 1 heterocycles. The summed E-state index contributed by atoms with van der Waals surface area (Å²) >= 11 is 7.20. The van der Waals surface area contributed by atoms with E-state index in [0.29, 0.717) is 15.5 Å². The maximum atomic E-state index is 13.5. The number of likely N-dealkylation sites (N-methyl/N-ethyl adjacent to an activating group) is 1. The molecule has 4 nitrogen and oxygen atoms in total. The molecule has 0 saturated heterocycles. The maximum Gasteiger partial charge on any atom is 0.264 e. The van der Waals surface area contributed by atoms with Crippen LogP contribution in [0.15, 0.2) is 60.7 Å². The first-order valence-electron chi connectivity index (χ1n) is 8.04. The van der Waals surface area contributed by atoms with Crippen LogP contribution in [0.2, 0.25) is 5.02 Å². The third-order valence-electron chi connectivity index (χ3n) is 4.09. The lowest BCUT2D eigenvalue weighted by Crippen LogP contribution is -2.38. The Kier molecular flexibility index (Phi) is 5.58. The fourth-order valence-corrected chi connectivity index (χ4v) is 3.89. The Hall–Kier alpha value is -2.70. The van der Waals surface area contributed by atoms with E-state index in [0.717, 1.165) is 10.4 Å². The minimum atomic E-state index is -1.06. The van der Waals surface area contributed by atoms with E-state index in [2.05, 4.69) is 0 Å². The van der Waals surface area contributed by atoms with Crippen molar-refractivity contribution in [2.24, 2.45) is 5.73 Å². The fourth-order valence-electron chi connectivity index (χ4n) is 2.77. The van der Waals surface area contributed by atoms with E-state index in [1.54, 1.807) is 24.3 Å². The predicted octanol–water partition coefficient (Wildman–Crippen LogP) is 4.51. The minimum Gasteiger partial charge on any atom is -0.368 e. The molecule has 0 radical (unpaired) electrons. The SMILES string of the molecule is CN(C(=O)c1ccc(-c2ccc(Cl)cc2)s1)C(C(N)=O)c1cccc(F)c1. The number of hydrogen-bond donors (Lipinski definition) is 1. The van der Waals surface area contributed by atoms with Crippen LogP contribution in [0.5, 0.6) is 0 Å². The molecule has 0 aliphatic rings. The largest absolute Gasteiger partial charge is 0.368 e. The van der Waals surface area contributed by atoms with E-state index < -0.39 is 17.8 Å². The molecule has 2 aromatic carbocycles. The molecule has 0 saturated carbocycles. The van der Waals surface area contributed by atoms with Crippen LogP contribution in [-0.2, 0) is 4.79 Å². The molecule has 2 amide bonds. The number of benzene rings is 2. The third-order valence-corrected chi connectivity index (χ3v) is 5.46.